The Morgan fingerprint density at radius 1 is 0.438 bits per heavy atom. The van der Waals surface area contributed by atoms with Gasteiger partial charge < -0.3 is 49.6 Å². The zero-order valence-electron chi connectivity index (χ0n) is 67.7. The summed E-state index contributed by atoms with van der Waals surface area (Å²) >= 11 is 0. The normalized spacial score (nSPS) is 14.1. The van der Waals surface area contributed by atoms with Gasteiger partial charge >= 0.3 is 0 Å². The van der Waals surface area contributed by atoms with Crippen LogP contribution in [0.3, 0.4) is 0 Å². The highest BCUT2D eigenvalue weighted by molar-refractivity contribution is 7.89. The van der Waals surface area contributed by atoms with E-state index in [0.29, 0.717) is 174 Å². The van der Waals surface area contributed by atoms with Crippen molar-refractivity contribution in [2.24, 2.45) is 23.5 Å². The van der Waals surface area contributed by atoms with E-state index in [1.165, 1.54) is 42.8 Å². The van der Waals surface area contributed by atoms with Gasteiger partial charge in [-0.1, -0.05) is 0 Å². The lowest BCUT2D eigenvalue weighted by Crippen LogP contribution is -2.35. The second-order valence-electron chi connectivity index (χ2n) is 28.3. The third-order valence-corrected chi connectivity index (χ3v) is 26.8. The number of anilines is 3. The SMILES string of the molecule is COc1cc(C)c(S(=O)(=O)N(C)CCCCC(=O)CCC2CCN(c3ccncc3)CC2)c(C)c1.COc1cc(C)c(S(=O)(=O)N(C)CCCCC(=O)CCC2CCN(c3ccncc3)CC2)c(C)c1.COc1cc(C)c(S(=O)(=O)N(C)CCCCOC=O)c(C)c1.NCC1CCN(c2ccncc2)CC1.O=CO.O=CO. The van der Waals surface area contributed by atoms with Crippen molar-refractivity contribution in [1.82, 2.24) is 27.9 Å². The van der Waals surface area contributed by atoms with Gasteiger partial charge in [0.05, 0.1) is 42.6 Å². The number of pyridine rings is 3. The summed E-state index contributed by atoms with van der Waals surface area (Å²) in [6.07, 6.45) is 26.1. The molecule has 0 bridgehead atoms. The zero-order chi connectivity index (χ0) is 82.8. The fourth-order valence-electron chi connectivity index (χ4n) is 14.0. The molecule has 3 aliphatic rings. The number of piperidine rings is 3. The third-order valence-electron chi connectivity index (χ3n) is 20.3. The van der Waals surface area contributed by atoms with Crippen molar-refractivity contribution in [2.75, 3.05) is 129 Å². The molecule has 0 saturated carbocycles. The first kappa shape index (κ1) is 95.7. The van der Waals surface area contributed by atoms with E-state index >= 15 is 0 Å². The van der Waals surface area contributed by atoms with Crippen molar-refractivity contribution >= 4 is 78.1 Å². The number of unbranched alkanes of at least 4 members (excludes halogenated alkanes) is 3. The number of carbonyl (C=O) groups is 5. The summed E-state index contributed by atoms with van der Waals surface area (Å²) in [7, 11) is -1.26. The Morgan fingerprint density at radius 3 is 0.929 bits per heavy atom. The number of nitrogens with two attached hydrogens (primary N) is 1. The number of nitrogens with zero attached hydrogens (tertiary/aromatic N) is 9. The monoisotopic (exact) mass is 1610 g/mol. The van der Waals surface area contributed by atoms with Crippen molar-refractivity contribution < 1.29 is 78.4 Å². The van der Waals surface area contributed by atoms with Gasteiger partial charge in [-0.2, -0.15) is 0 Å². The molecule has 0 radical (unpaired) electrons. The van der Waals surface area contributed by atoms with E-state index < -0.39 is 30.1 Å². The number of Topliss-reactive ketones (excluding diaryl/α,β-unsaturated/α-hetero) is 2. The van der Waals surface area contributed by atoms with Gasteiger partial charge in [0.2, 0.25) is 30.1 Å². The first-order chi connectivity index (χ1) is 53.5. The molecule has 27 nitrogen and oxygen atoms in total. The molecule has 0 atom stereocenters. The summed E-state index contributed by atoms with van der Waals surface area (Å²) in [4.78, 5) is 72.0. The van der Waals surface area contributed by atoms with E-state index in [1.54, 1.807) is 120 Å². The van der Waals surface area contributed by atoms with Crippen molar-refractivity contribution in [3.8, 4) is 17.2 Å². The Bertz CT molecular complexity index is 3900. The number of carbonyl (C=O) groups excluding carboxylic acids is 3. The minimum absolute atomic E-state index is 0.250. The van der Waals surface area contributed by atoms with Gasteiger partial charge in [0.1, 0.15) is 28.8 Å². The van der Waals surface area contributed by atoms with Crippen LogP contribution in [0.5, 0.6) is 17.2 Å². The van der Waals surface area contributed by atoms with Crippen molar-refractivity contribution in [3.05, 3.63) is 143 Å². The second kappa shape index (κ2) is 50.5. The summed E-state index contributed by atoms with van der Waals surface area (Å²) in [5.41, 5.74) is 13.4. The predicted octanol–water partition coefficient (Wildman–Crippen LogP) is 12.1. The Kier molecular flexibility index (Phi) is 43.1. The highest BCUT2D eigenvalue weighted by atomic mass is 32.2. The van der Waals surface area contributed by atoms with E-state index in [-0.39, 0.29) is 24.5 Å². The van der Waals surface area contributed by atoms with E-state index in [0.717, 1.165) is 90.3 Å². The van der Waals surface area contributed by atoms with Gasteiger partial charge in [-0.3, -0.25) is 38.9 Å². The molecule has 30 heteroatoms. The molecule has 3 aromatic carbocycles. The Morgan fingerprint density at radius 2 is 0.688 bits per heavy atom. The molecular formula is C82H122N10O17S3. The van der Waals surface area contributed by atoms with Gasteiger partial charge in [0, 0.05) is 160 Å². The minimum atomic E-state index is -3.59. The number of hydrogen-bond acceptors (Lipinski definition) is 22. The largest absolute Gasteiger partial charge is 0.497 e. The highest BCUT2D eigenvalue weighted by Gasteiger charge is 2.30. The van der Waals surface area contributed by atoms with Gasteiger partial charge in [0.25, 0.3) is 19.4 Å². The molecular weight excluding hydrogens is 1490 g/mol. The molecule has 9 rings (SSSR count). The van der Waals surface area contributed by atoms with Crippen LogP contribution in [0.25, 0.3) is 0 Å². The van der Waals surface area contributed by atoms with E-state index in [1.807, 2.05) is 61.4 Å². The van der Waals surface area contributed by atoms with Crippen LogP contribution in [0.4, 0.5) is 17.1 Å². The van der Waals surface area contributed by atoms with Crippen LogP contribution >= 0.6 is 0 Å². The molecule has 4 N–H and O–H groups in total. The minimum Gasteiger partial charge on any atom is -0.497 e. The summed E-state index contributed by atoms with van der Waals surface area (Å²) in [6, 6.07) is 22.7. The van der Waals surface area contributed by atoms with Gasteiger partial charge in [-0.25, -0.2) is 38.2 Å². The molecule has 3 aliphatic heterocycles. The molecule has 3 fully saturated rings. The molecule has 0 unspecified atom stereocenters. The molecule has 3 saturated heterocycles. The molecule has 0 spiro atoms. The average molecular weight is 1620 g/mol. The van der Waals surface area contributed by atoms with Gasteiger partial charge in [-0.15, -0.1) is 0 Å². The summed E-state index contributed by atoms with van der Waals surface area (Å²) in [5, 5.41) is 13.8. The molecule has 6 heterocycles. The van der Waals surface area contributed by atoms with Crippen LogP contribution in [-0.2, 0) is 58.8 Å². The van der Waals surface area contributed by atoms with Crippen molar-refractivity contribution in [3.63, 3.8) is 0 Å². The third kappa shape index (κ3) is 31.4. The number of ether oxygens (including phenoxy) is 4. The Balaban J connectivity index is 0.000000321. The fourth-order valence-corrected chi connectivity index (χ4v) is 18.9. The lowest BCUT2D eigenvalue weighted by molar-refractivity contribution is -0.129. The second-order valence-corrected chi connectivity index (χ2v) is 34.3. The van der Waals surface area contributed by atoms with Gasteiger partial charge in [0.15, 0.2) is 0 Å². The summed E-state index contributed by atoms with van der Waals surface area (Å²) in [5.74, 6) is 4.45. The number of carboxylic acid groups (broad SMARTS) is 2. The first-order valence-electron chi connectivity index (χ1n) is 38.3. The maximum absolute atomic E-state index is 13.1. The number of methoxy groups -OCH3 is 3. The quantitative estimate of drug-likeness (QED) is 0.0246. The van der Waals surface area contributed by atoms with Gasteiger partial charge in [-0.05, 0) is 262 Å². The van der Waals surface area contributed by atoms with Crippen LogP contribution < -0.4 is 34.6 Å². The van der Waals surface area contributed by atoms with E-state index in [9.17, 15) is 39.6 Å². The van der Waals surface area contributed by atoms with Crippen molar-refractivity contribution in [2.45, 2.75) is 172 Å². The Labute approximate surface area is 665 Å². The number of hydrogen-bond donors (Lipinski definition) is 3. The number of aromatic nitrogens is 3. The lowest BCUT2D eigenvalue weighted by Gasteiger charge is -2.33. The van der Waals surface area contributed by atoms with Crippen LogP contribution in [-0.4, -0.2) is 209 Å². The zero-order valence-corrected chi connectivity index (χ0v) is 70.2. The Hall–Kier alpha value is -8.65. The number of ketones is 2. The number of rotatable bonds is 35. The molecule has 0 aliphatic carbocycles. The standard InChI is InChI=1S/2C27H39N3O4S.C15H23NO5S.C11H17N3.2CH2O2/c2*1-21-19-26(34-4)20-22(2)27(21)35(32,33)29(3)16-6-5-7-25(31)9-8-23-12-17-30(18-13-23)24-10-14-28-15-11-24;1-12-9-14(20-4)10-13(2)15(12)22(18,19)16(3)7-5-6-8-21-11-17;12-9-10-3-7-14(8-4-10)11-1-5-13-6-2-11;2*2-1-3/h2*10-11,14-15,19-20,23H,5-9,12-13,16-18H2,1-4H3;9-11H,5-8H2,1-4H3;1-2,5-6,10H,3-4,7-9,12H2;2*1H,(H,2,3). The maximum atomic E-state index is 13.1. The van der Waals surface area contributed by atoms with Crippen LogP contribution in [0.2, 0.25) is 0 Å². The lowest BCUT2D eigenvalue weighted by atomic mass is 9.90. The molecule has 6 aromatic rings. The fraction of sp³-hybridized carbons (Fsp3) is 0.537. The average Bonchev–Trinajstić information content (AvgIpc) is 0.795. The van der Waals surface area contributed by atoms with Crippen LogP contribution in [0, 0.1) is 59.3 Å². The highest BCUT2D eigenvalue weighted by Crippen LogP contribution is 2.33. The topological polar surface area (TPSA) is 349 Å². The number of sulfonamides is 3. The maximum Gasteiger partial charge on any atom is 0.293 e. The molecule has 0 amide bonds. The van der Waals surface area contributed by atoms with Crippen LogP contribution in [0.15, 0.2) is 125 Å². The molecule has 3 aromatic heterocycles. The van der Waals surface area contributed by atoms with Crippen LogP contribution in [0.1, 0.15) is 149 Å². The number of aryl methyl sites for hydroxylation is 6. The van der Waals surface area contributed by atoms with E-state index in [4.69, 9.17) is 39.7 Å². The number of benzene rings is 3. The van der Waals surface area contributed by atoms with E-state index in [2.05, 4.69) is 46.5 Å². The first-order valence-corrected chi connectivity index (χ1v) is 42.6. The summed E-state index contributed by atoms with van der Waals surface area (Å²) < 4.78 is 102. The molecule has 112 heavy (non-hydrogen) atoms. The molecule has 620 valence electrons. The smallest absolute Gasteiger partial charge is 0.293 e. The van der Waals surface area contributed by atoms with Crippen molar-refractivity contribution in [1.29, 1.82) is 0 Å². The predicted molar refractivity (Wildman–Crippen MR) is 438 cm³/mol. The summed E-state index contributed by atoms with van der Waals surface area (Å²) in [6.45, 7) is 19.2.